The Labute approximate surface area is 173 Å². The van der Waals surface area contributed by atoms with Crippen molar-refractivity contribution >= 4 is 11.4 Å². The highest BCUT2D eigenvalue weighted by Crippen LogP contribution is 2.69. The molecule has 1 N–H and O–H groups in total. The third-order valence-corrected chi connectivity index (χ3v) is 8.62. The topological polar surface area (TPSA) is 12.0 Å². The lowest BCUT2D eigenvalue weighted by atomic mass is 9.43. The van der Waals surface area contributed by atoms with Gasteiger partial charge in [0.15, 0.2) is 0 Å². The van der Waals surface area contributed by atoms with Gasteiger partial charge in [0.05, 0.1) is 0 Å². The highest BCUT2D eigenvalue weighted by molar-refractivity contribution is 5.84. The summed E-state index contributed by atoms with van der Waals surface area (Å²) in [5.41, 5.74) is 8.88. The maximum atomic E-state index is 3.62. The SMILES string of the molecule is c1ccc(Nc2ccc3c(c2)-c2ccccc2C32C3CC4CC(C3)CC2C4)cc1. The minimum Gasteiger partial charge on any atom is -0.356 e. The van der Waals surface area contributed by atoms with Crippen LogP contribution in [0.25, 0.3) is 11.1 Å². The van der Waals surface area contributed by atoms with Gasteiger partial charge in [-0.15, -0.1) is 0 Å². The molecule has 0 radical (unpaired) electrons. The second-order valence-corrected chi connectivity index (χ2v) is 9.97. The lowest BCUT2D eigenvalue weighted by Gasteiger charge is -2.61. The zero-order chi connectivity index (χ0) is 19.0. The van der Waals surface area contributed by atoms with Crippen molar-refractivity contribution < 1.29 is 0 Å². The fraction of sp³-hybridized carbons (Fsp3) is 0.357. The van der Waals surface area contributed by atoms with Crippen LogP contribution in [0.5, 0.6) is 0 Å². The summed E-state index contributed by atoms with van der Waals surface area (Å²) >= 11 is 0. The van der Waals surface area contributed by atoms with E-state index in [9.17, 15) is 0 Å². The second kappa shape index (κ2) is 5.75. The van der Waals surface area contributed by atoms with Gasteiger partial charge < -0.3 is 5.32 Å². The Balaban J connectivity index is 1.40. The number of rotatable bonds is 2. The predicted molar refractivity (Wildman–Crippen MR) is 119 cm³/mol. The number of benzene rings is 3. The molecule has 1 spiro atoms. The second-order valence-electron chi connectivity index (χ2n) is 9.97. The molecule has 5 aliphatic carbocycles. The van der Waals surface area contributed by atoms with E-state index in [0.717, 1.165) is 29.4 Å². The van der Waals surface area contributed by atoms with Crippen LogP contribution >= 0.6 is 0 Å². The summed E-state index contributed by atoms with van der Waals surface area (Å²) < 4.78 is 0. The summed E-state index contributed by atoms with van der Waals surface area (Å²) in [7, 11) is 0. The van der Waals surface area contributed by atoms with Crippen LogP contribution in [0.1, 0.15) is 43.2 Å². The fourth-order valence-corrected chi connectivity index (χ4v) is 7.92. The van der Waals surface area contributed by atoms with Crippen molar-refractivity contribution in [1.29, 1.82) is 0 Å². The molecule has 144 valence electrons. The molecule has 8 rings (SSSR count). The Morgan fingerprint density at radius 3 is 2.00 bits per heavy atom. The Morgan fingerprint density at radius 2 is 1.24 bits per heavy atom. The first-order valence-electron chi connectivity index (χ1n) is 11.4. The lowest BCUT2D eigenvalue weighted by Crippen LogP contribution is -2.55. The van der Waals surface area contributed by atoms with Gasteiger partial charge in [0.1, 0.15) is 0 Å². The molecule has 3 aromatic rings. The lowest BCUT2D eigenvalue weighted by molar-refractivity contribution is -0.0399. The molecular weight excluding hydrogens is 350 g/mol. The quantitative estimate of drug-likeness (QED) is 0.500. The van der Waals surface area contributed by atoms with E-state index in [2.05, 4.69) is 78.1 Å². The van der Waals surface area contributed by atoms with Crippen molar-refractivity contribution in [3.8, 4) is 11.1 Å². The summed E-state index contributed by atoms with van der Waals surface area (Å²) in [5.74, 6) is 3.68. The molecule has 0 unspecified atom stereocenters. The van der Waals surface area contributed by atoms with Crippen molar-refractivity contribution in [1.82, 2.24) is 0 Å². The van der Waals surface area contributed by atoms with Crippen LogP contribution in [-0.2, 0) is 5.41 Å². The minimum absolute atomic E-state index is 0.282. The van der Waals surface area contributed by atoms with Crippen molar-refractivity contribution in [3.63, 3.8) is 0 Å². The van der Waals surface area contributed by atoms with E-state index in [4.69, 9.17) is 0 Å². The summed E-state index contributed by atoms with van der Waals surface area (Å²) in [6.07, 6.45) is 7.31. The van der Waals surface area contributed by atoms with Crippen molar-refractivity contribution in [2.24, 2.45) is 23.7 Å². The molecule has 5 aliphatic rings. The van der Waals surface area contributed by atoms with Crippen LogP contribution in [0.4, 0.5) is 11.4 Å². The van der Waals surface area contributed by atoms with Crippen LogP contribution in [0, 0.1) is 23.7 Å². The monoisotopic (exact) mass is 377 g/mol. The number of fused-ring (bicyclic) bond motifs is 3. The van der Waals surface area contributed by atoms with E-state index in [0.29, 0.717) is 0 Å². The zero-order valence-electron chi connectivity index (χ0n) is 16.8. The molecule has 0 aromatic heterocycles. The minimum atomic E-state index is 0.282. The molecule has 4 fully saturated rings. The normalized spacial score (nSPS) is 33.0. The van der Waals surface area contributed by atoms with Gasteiger partial charge in [0, 0.05) is 16.8 Å². The highest BCUT2D eigenvalue weighted by Gasteiger charge is 2.61. The Hall–Kier alpha value is -2.54. The van der Waals surface area contributed by atoms with E-state index < -0.39 is 0 Å². The van der Waals surface area contributed by atoms with Gasteiger partial charge >= 0.3 is 0 Å². The molecule has 0 saturated heterocycles. The first kappa shape index (κ1) is 16.3. The van der Waals surface area contributed by atoms with E-state index in [1.54, 1.807) is 11.1 Å². The smallest absolute Gasteiger partial charge is 0.0390 e. The molecule has 4 saturated carbocycles. The third-order valence-electron chi connectivity index (χ3n) is 8.62. The van der Waals surface area contributed by atoms with E-state index in [1.807, 2.05) is 0 Å². The van der Waals surface area contributed by atoms with Crippen molar-refractivity contribution in [2.45, 2.75) is 37.5 Å². The Morgan fingerprint density at radius 1 is 0.586 bits per heavy atom. The van der Waals surface area contributed by atoms with Crippen LogP contribution in [0.3, 0.4) is 0 Å². The highest BCUT2D eigenvalue weighted by atomic mass is 14.9. The van der Waals surface area contributed by atoms with E-state index >= 15 is 0 Å². The van der Waals surface area contributed by atoms with Gasteiger partial charge in [-0.2, -0.15) is 0 Å². The number of para-hydroxylation sites is 1. The van der Waals surface area contributed by atoms with E-state index in [-0.39, 0.29) is 5.41 Å². The molecular formula is C28H27N. The Kier molecular flexibility index (Phi) is 3.23. The van der Waals surface area contributed by atoms with Crippen LogP contribution in [-0.4, -0.2) is 0 Å². The average Bonchev–Trinajstić information content (AvgIpc) is 3.03. The largest absolute Gasteiger partial charge is 0.356 e. The molecule has 29 heavy (non-hydrogen) atoms. The van der Waals surface area contributed by atoms with Crippen LogP contribution < -0.4 is 5.32 Å². The van der Waals surface area contributed by atoms with Crippen LogP contribution in [0.15, 0.2) is 72.8 Å². The molecule has 3 aromatic carbocycles. The molecule has 0 atom stereocenters. The molecule has 4 bridgehead atoms. The van der Waals surface area contributed by atoms with Crippen molar-refractivity contribution in [3.05, 3.63) is 83.9 Å². The molecule has 1 heteroatoms. The van der Waals surface area contributed by atoms with Gasteiger partial charge in [0.25, 0.3) is 0 Å². The van der Waals surface area contributed by atoms with Gasteiger partial charge in [0.2, 0.25) is 0 Å². The number of anilines is 2. The fourth-order valence-electron chi connectivity index (χ4n) is 7.92. The number of nitrogens with one attached hydrogen (secondary N) is 1. The van der Waals surface area contributed by atoms with Gasteiger partial charge in [-0.3, -0.25) is 0 Å². The maximum absolute atomic E-state index is 3.62. The summed E-state index contributed by atoms with van der Waals surface area (Å²) in [5, 5.41) is 3.62. The first-order valence-corrected chi connectivity index (χ1v) is 11.4. The van der Waals surface area contributed by atoms with Gasteiger partial charge in [-0.05, 0) is 102 Å². The summed E-state index contributed by atoms with van der Waals surface area (Å²) in [6, 6.07) is 27.1. The molecule has 0 amide bonds. The molecule has 1 nitrogen and oxygen atoms in total. The zero-order valence-corrected chi connectivity index (χ0v) is 16.8. The molecule has 0 heterocycles. The number of hydrogen-bond donors (Lipinski definition) is 1. The third kappa shape index (κ3) is 2.11. The maximum Gasteiger partial charge on any atom is 0.0390 e. The van der Waals surface area contributed by atoms with Crippen molar-refractivity contribution in [2.75, 3.05) is 5.32 Å². The van der Waals surface area contributed by atoms with E-state index in [1.165, 1.54) is 48.9 Å². The average molecular weight is 378 g/mol. The number of hydrogen-bond acceptors (Lipinski definition) is 1. The van der Waals surface area contributed by atoms with Gasteiger partial charge in [-0.1, -0.05) is 48.5 Å². The Bertz CT molecular complexity index is 1070. The standard InChI is InChI=1S/C28H27N/c1-2-6-22(7-3-1)29-23-10-11-27-25(17-23)24-8-4-5-9-26(24)28(27)20-13-18-12-19(15-20)16-21(28)14-18/h1-11,17-21,29H,12-16H2. The summed E-state index contributed by atoms with van der Waals surface area (Å²) in [6.45, 7) is 0. The summed E-state index contributed by atoms with van der Waals surface area (Å²) in [4.78, 5) is 0. The first-order chi connectivity index (χ1) is 14.3. The van der Waals surface area contributed by atoms with Gasteiger partial charge in [-0.25, -0.2) is 0 Å². The molecule has 0 aliphatic heterocycles. The van der Waals surface area contributed by atoms with Crippen LogP contribution in [0.2, 0.25) is 0 Å². The predicted octanol–water partition coefficient (Wildman–Crippen LogP) is 7.15.